The predicted octanol–water partition coefficient (Wildman–Crippen LogP) is 1.80. The Morgan fingerprint density at radius 2 is 2.38 bits per heavy atom. The first kappa shape index (κ1) is 14.3. The summed E-state index contributed by atoms with van der Waals surface area (Å²) in [7, 11) is 0. The normalized spacial score (nSPS) is 22.0. The first-order valence-electron chi connectivity index (χ1n) is 7.61. The quantitative estimate of drug-likeness (QED) is 0.851. The van der Waals surface area contributed by atoms with E-state index in [1.165, 1.54) is 11.1 Å². The number of hydrogen-bond acceptors (Lipinski definition) is 4. The first-order chi connectivity index (χ1) is 10.3. The summed E-state index contributed by atoms with van der Waals surface area (Å²) in [5.74, 6) is 0.506. The third kappa shape index (κ3) is 3.16. The molecule has 1 aliphatic rings. The van der Waals surface area contributed by atoms with Gasteiger partial charge in [-0.15, -0.1) is 0 Å². The van der Waals surface area contributed by atoms with Gasteiger partial charge in [-0.05, 0) is 20.3 Å². The largest absolute Gasteiger partial charge is 0.373 e. The van der Waals surface area contributed by atoms with Crippen molar-refractivity contribution in [3.05, 3.63) is 35.4 Å². The molecule has 1 saturated heterocycles. The summed E-state index contributed by atoms with van der Waals surface area (Å²) >= 11 is 0. The van der Waals surface area contributed by atoms with Crippen LogP contribution in [0.15, 0.2) is 18.6 Å². The predicted molar refractivity (Wildman–Crippen MR) is 79.7 cm³/mol. The molecule has 0 radical (unpaired) electrons. The molecule has 3 heterocycles. The molecule has 2 aromatic heterocycles. The van der Waals surface area contributed by atoms with E-state index < -0.39 is 0 Å². The zero-order chi connectivity index (χ0) is 14.7. The van der Waals surface area contributed by atoms with E-state index in [2.05, 4.69) is 33.7 Å². The van der Waals surface area contributed by atoms with Crippen LogP contribution in [0.5, 0.6) is 0 Å². The van der Waals surface area contributed by atoms with E-state index in [0.29, 0.717) is 5.92 Å². The lowest BCUT2D eigenvalue weighted by molar-refractivity contribution is 0.0904. The second kappa shape index (κ2) is 6.41. The molecule has 2 aromatic rings. The Labute approximate surface area is 124 Å². The molecule has 0 unspecified atom stereocenters. The maximum Gasteiger partial charge on any atom is 0.0896 e. The van der Waals surface area contributed by atoms with Gasteiger partial charge in [0.15, 0.2) is 0 Å². The van der Waals surface area contributed by atoms with Gasteiger partial charge in [-0.1, -0.05) is 0 Å². The molecule has 114 valence electrons. The van der Waals surface area contributed by atoms with Crippen LogP contribution in [0.25, 0.3) is 0 Å². The van der Waals surface area contributed by atoms with E-state index in [4.69, 9.17) is 4.74 Å². The average Bonchev–Trinajstić information content (AvgIpc) is 3.20. The molecule has 3 rings (SSSR count). The van der Waals surface area contributed by atoms with Gasteiger partial charge < -0.3 is 10.1 Å². The number of nitrogens with one attached hydrogen (secondary N) is 2. The monoisotopic (exact) mass is 289 g/mol. The molecule has 0 aliphatic carbocycles. The SMILES string of the molecule is CCn1cc([C@H]2OCC[C@H]2CNCc2cn[nH]c2C)cn1. The highest BCUT2D eigenvalue weighted by Gasteiger charge is 2.30. The summed E-state index contributed by atoms with van der Waals surface area (Å²) < 4.78 is 7.86. The summed E-state index contributed by atoms with van der Waals surface area (Å²) in [6.45, 7) is 7.67. The third-order valence-electron chi connectivity index (χ3n) is 4.18. The molecule has 21 heavy (non-hydrogen) atoms. The van der Waals surface area contributed by atoms with Gasteiger partial charge >= 0.3 is 0 Å². The van der Waals surface area contributed by atoms with Gasteiger partial charge in [0.05, 0.1) is 18.5 Å². The van der Waals surface area contributed by atoms with Gasteiger partial charge in [-0.2, -0.15) is 10.2 Å². The zero-order valence-corrected chi connectivity index (χ0v) is 12.7. The van der Waals surface area contributed by atoms with Crippen LogP contribution in [0.1, 0.15) is 36.3 Å². The Morgan fingerprint density at radius 1 is 1.48 bits per heavy atom. The molecule has 6 nitrogen and oxygen atoms in total. The van der Waals surface area contributed by atoms with E-state index in [9.17, 15) is 0 Å². The average molecular weight is 289 g/mol. The van der Waals surface area contributed by atoms with E-state index in [1.54, 1.807) is 0 Å². The standard InChI is InChI=1S/C15H23N5O/c1-3-20-10-14(9-18-20)15-12(4-5-21-15)6-16-7-13-8-17-19-11(13)2/h8-10,12,15-16H,3-7H2,1-2H3,(H,17,19)/t12-,15-/m0/s1. The van der Waals surface area contributed by atoms with Gasteiger partial charge in [0.1, 0.15) is 0 Å². The lowest BCUT2D eigenvalue weighted by Crippen LogP contribution is -2.24. The maximum atomic E-state index is 5.91. The maximum absolute atomic E-state index is 5.91. The van der Waals surface area contributed by atoms with Crippen LogP contribution in [0.4, 0.5) is 0 Å². The lowest BCUT2D eigenvalue weighted by atomic mass is 9.97. The van der Waals surface area contributed by atoms with E-state index in [0.717, 1.165) is 38.4 Å². The van der Waals surface area contributed by atoms with Crippen molar-refractivity contribution in [2.45, 2.75) is 39.5 Å². The third-order valence-corrected chi connectivity index (χ3v) is 4.18. The highest BCUT2D eigenvalue weighted by molar-refractivity contribution is 5.14. The highest BCUT2D eigenvalue weighted by Crippen LogP contribution is 2.33. The number of ether oxygens (including phenoxy) is 1. The summed E-state index contributed by atoms with van der Waals surface area (Å²) in [5, 5.41) is 14.9. The molecular weight excluding hydrogens is 266 g/mol. The molecule has 0 amide bonds. The van der Waals surface area contributed by atoms with Crippen molar-refractivity contribution in [1.82, 2.24) is 25.3 Å². The van der Waals surface area contributed by atoms with Crippen molar-refractivity contribution >= 4 is 0 Å². The molecule has 6 heteroatoms. The first-order valence-corrected chi connectivity index (χ1v) is 7.61. The van der Waals surface area contributed by atoms with Crippen molar-refractivity contribution in [1.29, 1.82) is 0 Å². The smallest absolute Gasteiger partial charge is 0.0896 e. The van der Waals surface area contributed by atoms with Crippen LogP contribution in [0, 0.1) is 12.8 Å². The lowest BCUT2D eigenvalue weighted by Gasteiger charge is -2.17. The number of nitrogens with zero attached hydrogens (tertiary/aromatic N) is 3. The Balaban J connectivity index is 1.55. The van der Waals surface area contributed by atoms with Crippen LogP contribution >= 0.6 is 0 Å². The number of hydrogen-bond donors (Lipinski definition) is 2. The van der Waals surface area contributed by atoms with E-state index >= 15 is 0 Å². The Bertz CT molecular complexity index is 576. The van der Waals surface area contributed by atoms with Crippen LogP contribution in [-0.2, 0) is 17.8 Å². The fourth-order valence-corrected chi connectivity index (χ4v) is 2.86. The van der Waals surface area contributed by atoms with Gasteiger partial charge in [0.2, 0.25) is 0 Å². The number of aryl methyl sites for hydroxylation is 2. The molecular formula is C15H23N5O. The van der Waals surface area contributed by atoms with Crippen molar-refractivity contribution in [2.75, 3.05) is 13.2 Å². The molecule has 2 atom stereocenters. The fraction of sp³-hybridized carbons (Fsp3) is 0.600. The van der Waals surface area contributed by atoms with Crippen molar-refractivity contribution in [2.24, 2.45) is 5.92 Å². The molecule has 0 saturated carbocycles. The Hall–Kier alpha value is -1.66. The summed E-state index contributed by atoms with van der Waals surface area (Å²) in [4.78, 5) is 0. The molecule has 1 fully saturated rings. The van der Waals surface area contributed by atoms with E-state index in [-0.39, 0.29) is 6.10 Å². The number of aromatic nitrogens is 4. The van der Waals surface area contributed by atoms with Crippen LogP contribution < -0.4 is 5.32 Å². The number of aromatic amines is 1. The Kier molecular flexibility index (Phi) is 4.36. The molecule has 0 aromatic carbocycles. The molecule has 2 N–H and O–H groups in total. The minimum Gasteiger partial charge on any atom is -0.373 e. The van der Waals surface area contributed by atoms with Gasteiger partial charge in [-0.3, -0.25) is 9.78 Å². The fourth-order valence-electron chi connectivity index (χ4n) is 2.86. The minimum atomic E-state index is 0.170. The topological polar surface area (TPSA) is 67.8 Å². The summed E-state index contributed by atoms with van der Waals surface area (Å²) in [6, 6.07) is 0. The zero-order valence-electron chi connectivity index (χ0n) is 12.7. The highest BCUT2D eigenvalue weighted by atomic mass is 16.5. The number of rotatable bonds is 6. The van der Waals surface area contributed by atoms with Crippen LogP contribution in [0.2, 0.25) is 0 Å². The van der Waals surface area contributed by atoms with Crippen molar-refractivity contribution < 1.29 is 4.74 Å². The van der Waals surface area contributed by atoms with Crippen LogP contribution in [-0.4, -0.2) is 33.1 Å². The van der Waals surface area contributed by atoms with Crippen molar-refractivity contribution in [3.8, 4) is 0 Å². The summed E-state index contributed by atoms with van der Waals surface area (Å²) in [6.07, 6.45) is 7.19. The summed E-state index contributed by atoms with van der Waals surface area (Å²) in [5.41, 5.74) is 3.55. The van der Waals surface area contributed by atoms with Gasteiger partial charge in [0.25, 0.3) is 0 Å². The second-order valence-corrected chi connectivity index (χ2v) is 5.62. The second-order valence-electron chi connectivity index (χ2n) is 5.62. The minimum absolute atomic E-state index is 0.170. The molecule has 0 bridgehead atoms. The number of H-pyrrole nitrogens is 1. The molecule has 1 aliphatic heterocycles. The van der Waals surface area contributed by atoms with Crippen LogP contribution in [0.3, 0.4) is 0 Å². The van der Waals surface area contributed by atoms with Gasteiger partial charge in [0, 0.05) is 55.2 Å². The molecule has 0 spiro atoms. The van der Waals surface area contributed by atoms with Gasteiger partial charge in [-0.25, -0.2) is 0 Å². The van der Waals surface area contributed by atoms with E-state index in [1.807, 2.05) is 24.0 Å². The van der Waals surface area contributed by atoms with Crippen molar-refractivity contribution in [3.63, 3.8) is 0 Å². The Morgan fingerprint density at radius 3 is 3.10 bits per heavy atom.